The minimum absolute atomic E-state index is 0.138. The van der Waals surface area contributed by atoms with Crippen molar-refractivity contribution in [1.82, 2.24) is 0 Å². The predicted molar refractivity (Wildman–Crippen MR) is 146 cm³/mol. The SMILES string of the molecule is CCCCCCOc1ccc(-c2ccc(CCC3CCC(OC(=O)[C@@H](F)CCCC)CC3)cc2)cc1F. The third-order valence-corrected chi connectivity index (χ3v) is 7.46. The number of halogens is 2. The van der Waals surface area contributed by atoms with Crippen molar-refractivity contribution in [2.75, 3.05) is 6.61 Å². The maximum absolute atomic E-state index is 14.5. The van der Waals surface area contributed by atoms with Gasteiger partial charge in [-0.2, -0.15) is 0 Å². The highest BCUT2D eigenvalue weighted by atomic mass is 19.1. The number of alkyl halides is 1. The Hall–Kier alpha value is -2.43. The molecule has 1 saturated carbocycles. The third-order valence-electron chi connectivity index (χ3n) is 7.46. The van der Waals surface area contributed by atoms with Crippen LogP contribution in [0.2, 0.25) is 0 Å². The van der Waals surface area contributed by atoms with Gasteiger partial charge in [-0.25, -0.2) is 13.6 Å². The first-order valence-electron chi connectivity index (χ1n) is 14.4. The smallest absolute Gasteiger partial charge is 0.340 e. The fourth-order valence-corrected chi connectivity index (χ4v) is 5.02. The molecule has 0 radical (unpaired) electrons. The zero-order valence-corrected chi connectivity index (χ0v) is 22.7. The van der Waals surface area contributed by atoms with E-state index in [2.05, 4.69) is 31.2 Å². The second-order valence-corrected chi connectivity index (χ2v) is 10.5. The molecule has 0 aromatic heterocycles. The van der Waals surface area contributed by atoms with E-state index in [1.165, 1.54) is 18.4 Å². The van der Waals surface area contributed by atoms with E-state index in [1.54, 1.807) is 12.1 Å². The monoisotopic (exact) mass is 514 g/mol. The lowest BCUT2D eigenvalue weighted by Gasteiger charge is -2.28. The summed E-state index contributed by atoms with van der Waals surface area (Å²) in [6, 6.07) is 13.5. The maximum Gasteiger partial charge on any atom is 0.340 e. The summed E-state index contributed by atoms with van der Waals surface area (Å²) in [4.78, 5) is 11.9. The van der Waals surface area contributed by atoms with Gasteiger partial charge in [-0.1, -0.05) is 76.3 Å². The van der Waals surface area contributed by atoms with Crippen LogP contribution in [0, 0.1) is 11.7 Å². The number of hydrogen-bond acceptors (Lipinski definition) is 3. The van der Waals surface area contributed by atoms with E-state index < -0.39 is 12.1 Å². The largest absolute Gasteiger partial charge is 0.491 e. The summed E-state index contributed by atoms with van der Waals surface area (Å²) in [7, 11) is 0. The molecule has 1 aliphatic carbocycles. The van der Waals surface area contributed by atoms with Gasteiger partial charge in [0, 0.05) is 0 Å². The van der Waals surface area contributed by atoms with Crippen LogP contribution in [0.1, 0.15) is 96.5 Å². The Morgan fingerprint density at radius 2 is 1.62 bits per heavy atom. The lowest BCUT2D eigenvalue weighted by molar-refractivity contribution is -0.157. The Kier molecular flexibility index (Phi) is 12.4. The zero-order chi connectivity index (χ0) is 26.5. The molecule has 1 fully saturated rings. The molecule has 2 aromatic rings. The minimum Gasteiger partial charge on any atom is -0.491 e. The average molecular weight is 515 g/mol. The van der Waals surface area contributed by atoms with Gasteiger partial charge in [0.1, 0.15) is 6.10 Å². The van der Waals surface area contributed by atoms with E-state index in [4.69, 9.17) is 9.47 Å². The fraction of sp³-hybridized carbons (Fsp3) is 0.594. The number of benzene rings is 2. The Bertz CT molecular complexity index is 936. The molecule has 1 atom stereocenters. The van der Waals surface area contributed by atoms with Crippen LogP contribution in [0.4, 0.5) is 8.78 Å². The topological polar surface area (TPSA) is 35.5 Å². The molecule has 0 aliphatic heterocycles. The zero-order valence-electron chi connectivity index (χ0n) is 22.7. The molecule has 37 heavy (non-hydrogen) atoms. The summed E-state index contributed by atoms with van der Waals surface area (Å²) in [5.74, 6) is -0.0790. The molecular formula is C32H44F2O3. The van der Waals surface area contributed by atoms with Gasteiger partial charge in [-0.3, -0.25) is 0 Å². The van der Waals surface area contributed by atoms with E-state index >= 15 is 0 Å². The maximum atomic E-state index is 14.5. The molecule has 3 rings (SSSR count). The molecule has 0 saturated heterocycles. The number of carbonyl (C=O) groups is 1. The third kappa shape index (κ3) is 9.75. The number of ether oxygens (including phenoxy) is 2. The normalized spacial score (nSPS) is 18.4. The second kappa shape index (κ2) is 15.7. The van der Waals surface area contributed by atoms with Crippen LogP contribution in [0.25, 0.3) is 11.1 Å². The highest BCUT2D eigenvalue weighted by Gasteiger charge is 2.27. The van der Waals surface area contributed by atoms with E-state index in [0.717, 1.165) is 68.9 Å². The molecule has 0 N–H and O–H groups in total. The summed E-state index contributed by atoms with van der Waals surface area (Å²) < 4.78 is 39.4. The van der Waals surface area contributed by atoms with E-state index in [0.29, 0.717) is 24.7 Å². The van der Waals surface area contributed by atoms with Crippen LogP contribution in [-0.4, -0.2) is 24.9 Å². The molecule has 3 nitrogen and oxygen atoms in total. The van der Waals surface area contributed by atoms with Gasteiger partial charge in [-0.15, -0.1) is 0 Å². The van der Waals surface area contributed by atoms with Gasteiger partial charge in [0.2, 0.25) is 0 Å². The van der Waals surface area contributed by atoms with Crippen molar-refractivity contribution < 1.29 is 23.0 Å². The minimum atomic E-state index is -1.48. The number of carbonyl (C=O) groups excluding carboxylic acids is 1. The standard InChI is InChI=1S/C32H44F2O3/c1-3-5-7-8-22-36-31-21-18-27(23-30(31)34)26-16-12-24(13-17-26)10-11-25-14-19-28(20-15-25)37-32(35)29(33)9-6-4-2/h12-13,16-18,21,23,25,28-29H,3-11,14-15,19-20,22H2,1-2H3/t25?,28?,29-/m0/s1. The van der Waals surface area contributed by atoms with Gasteiger partial charge in [0.05, 0.1) is 6.61 Å². The highest BCUT2D eigenvalue weighted by Crippen LogP contribution is 2.31. The molecule has 5 heteroatoms. The van der Waals surface area contributed by atoms with Gasteiger partial charge < -0.3 is 9.47 Å². The molecule has 204 valence electrons. The van der Waals surface area contributed by atoms with Crippen LogP contribution < -0.4 is 4.74 Å². The van der Waals surface area contributed by atoms with Gasteiger partial charge in [0.25, 0.3) is 0 Å². The summed E-state index contributed by atoms with van der Waals surface area (Å²) in [6.07, 6.45) is 10.4. The van der Waals surface area contributed by atoms with Crippen molar-refractivity contribution in [3.8, 4) is 16.9 Å². The second-order valence-electron chi connectivity index (χ2n) is 10.5. The van der Waals surface area contributed by atoms with Crippen LogP contribution in [0.5, 0.6) is 5.75 Å². The Balaban J connectivity index is 1.40. The molecule has 0 spiro atoms. The molecule has 0 amide bonds. The van der Waals surface area contributed by atoms with E-state index in [9.17, 15) is 13.6 Å². The molecule has 0 heterocycles. The lowest BCUT2D eigenvalue weighted by atomic mass is 9.83. The number of rotatable bonds is 15. The quantitative estimate of drug-likeness (QED) is 0.176. The van der Waals surface area contributed by atoms with Crippen molar-refractivity contribution >= 4 is 5.97 Å². The number of aryl methyl sites for hydroxylation is 1. The molecular weight excluding hydrogens is 470 g/mol. The summed E-state index contributed by atoms with van der Waals surface area (Å²) in [6.45, 7) is 4.70. The number of esters is 1. The van der Waals surface area contributed by atoms with Crippen molar-refractivity contribution in [3.05, 3.63) is 53.8 Å². The van der Waals surface area contributed by atoms with Crippen LogP contribution in [-0.2, 0) is 16.0 Å². The lowest BCUT2D eigenvalue weighted by Crippen LogP contribution is -2.29. The molecule has 0 unspecified atom stereocenters. The Labute approximate surface area is 222 Å². The Morgan fingerprint density at radius 3 is 2.30 bits per heavy atom. The fourth-order valence-electron chi connectivity index (χ4n) is 5.02. The number of hydrogen-bond donors (Lipinski definition) is 0. The van der Waals surface area contributed by atoms with Crippen LogP contribution in [0.3, 0.4) is 0 Å². The van der Waals surface area contributed by atoms with Crippen LogP contribution in [0.15, 0.2) is 42.5 Å². The summed E-state index contributed by atoms with van der Waals surface area (Å²) >= 11 is 0. The van der Waals surface area contributed by atoms with Gasteiger partial charge in [-0.05, 0) is 86.1 Å². The molecule has 1 aliphatic rings. The van der Waals surface area contributed by atoms with E-state index in [1.807, 2.05) is 13.0 Å². The van der Waals surface area contributed by atoms with Crippen molar-refractivity contribution in [2.45, 2.75) is 110 Å². The predicted octanol–water partition coefficient (Wildman–Crippen LogP) is 9.01. The average Bonchev–Trinajstić information content (AvgIpc) is 2.92. The van der Waals surface area contributed by atoms with Crippen molar-refractivity contribution in [2.24, 2.45) is 5.92 Å². The van der Waals surface area contributed by atoms with Crippen molar-refractivity contribution in [3.63, 3.8) is 0 Å². The first kappa shape index (κ1) is 29.1. The first-order chi connectivity index (χ1) is 18.0. The van der Waals surface area contributed by atoms with Gasteiger partial charge >= 0.3 is 5.97 Å². The summed E-state index contributed by atoms with van der Waals surface area (Å²) in [5.41, 5.74) is 3.10. The number of unbranched alkanes of at least 4 members (excludes halogenated alkanes) is 4. The molecule has 2 aromatic carbocycles. The van der Waals surface area contributed by atoms with E-state index in [-0.39, 0.29) is 18.3 Å². The summed E-state index contributed by atoms with van der Waals surface area (Å²) in [5, 5.41) is 0. The highest BCUT2D eigenvalue weighted by molar-refractivity contribution is 5.74. The Morgan fingerprint density at radius 1 is 0.919 bits per heavy atom. The first-order valence-corrected chi connectivity index (χ1v) is 14.4. The van der Waals surface area contributed by atoms with Crippen molar-refractivity contribution in [1.29, 1.82) is 0 Å². The van der Waals surface area contributed by atoms with Gasteiger partial charge in [0.15, 0.2) is 17.7 Å². The van der Waals surface area contributed by atoms with Crippen LogP contribution >= 0.6 is 0 Å². The molecule has 0 bridgehead atoms.